The molecule has 3 heteroatoms. The second-order valence-electron chi connectivity index (χ2n) is 3.96. The molecule has 90 valence electrons. The van der Waals surface area contributed by atoms with Gasteiger partial charge in [0.25, 0.3) is 0 Å². The Morgan fingerprint density at radius 2 is 2.12 bits per heavy atom. The minimum absolute atomic E-state index is 0.174. The molecule has 1 aromatic carbocycles. The topological polar surface area (TPSA) is 21.3 Å². The Balaban J connectivity index is 2.26. The number of hydrogen-bond donors (Lipinski definition) is 1. The van der Waals surface area contributed by atoms with E-state index in [1.54, 1.807) is 12.1 Å². The van der Waals surface area contributed by atoms with Gasteiger partial charge < -0.3 is 10.1 Å². The minimum Gasteiger partial charge on any atom is -0.374 e. The highest BCUT2D eigenvalue weighted by molar-refractivity contribution is 5.16. The Morgan fingerprint density at radius 3 is 2.81 bits per heavy atom. The van der Waals surface area contributed by atoms with Crippen molar-refractivity contribution in [2.75, 3.05) is 13.6 Å². The van der Waals surface area contributed by atoms with Crippen LogP contribution in [-0.2, 0) is 11.3 Å². The van der Waals surface area contributed by atoms with Crippen molar-refractivity contribution < 1.29 is 9.13 Å². The molecule has 0 radical (unpaired) electrons. The van der Waals surface area contributed by atoms with Gasteiger partial charge in [0.05, 0.1) is 12.7 Å². The molecule has 0 fully saturated rings. The number of hydrogen-bond acceptors (Lipinski definition) is 2. The number of halogens is 1. The molecular formula is C13H20FNO. The summed E-state index contributed by atoms with van der Waals surface area (Å²) in [5.74, 6) is -0.190. The SMILES string of the molecule is CNCCCC(C)OCc1ccccc1F. The van der Waals surface area contributed by atoms with Crippen LogP contribution in [0.4, 0.5) is 4.39 Å². The molecular weight excluding hydrogens is 205 g/mol. The molecule has 0 aliphatic rings. The van der Waals surface area contributed by atoms with Crippen molar-refractivity contribution in [1.29, 1.82) is 0 Å². The summed E-state index contributed by atoms with van der Waals surface area (Å²) in [6.45, 7) is 3.37. The first kappa shape index (κ1) is 13.1. The lowest BCUT2D eigenvalue weighted by molar-refractivity contribution is 0.0449. The van der Waals surface area contributed by atoms with Gasteiger partial charge in [-0.05, 0) is 39.4 Å². The second kappa shape index (κ2) is 7.36. The summed E-state index contributed by atoms with van der Waals surface area (Å²) in [6.07, 6.45) is 2.25. The van der Waals surface area contributed by atoms with E-state index in [4.69, 9.17) is 4.74 Å². The lowest BCUT2D eigenvalue weighted by Crippen LogP contribution is -2.13. The zero-order valence-electron chi connectivity index (χ0n) is 10.0. The number of nitrogens with one attached hydrogen (secondary N) is 1. The Labute approximate surface area is 96.8 Å². The predicted molar refractivity (Wildman–Crippen MR) is 63.8 cm³/mol. The van der Waals surface area contributed by atoms with Crippen molar-refractivity contribution in [1.82, 2.24) is 5.32 Å². The van der Waals surface area contributed by atoms with Crippen molar-refractivity contribution in [3.05, 3.63) is 35.6 Å². The van der Waals surface area contributed by atoms with E-state index in [1.165, 1.54) is 6.07 Å². The number of ether oxygens (including phenoxy) is 1. The molecule has 1 N–H and O–H groups in total. The zero-order chi connectivity index (χ0) is 11.8. The molecule has 0 aromatic heterocycles. The maximum Gasteiger partial charge on any atom is 0.128 e. The smallest absolute Gasteiger partial charge is 0.128 e. The first-order valence-corrected chi connectivity index (χ1v) is 5.73. The number of benzene rings is 1. The van der Waals surface area contributed by atoms with E-state index in [0.717, 1.165) is 19.4 Å². The molecule has 0 aliphatic carbocycles. The minimum atomic E-state index is -0.190. The van der Waals surface area contributed by atoms with Gasteiger partial charge >= 0.3 is 0 Å². The number of rotatable bonds is 7. The summed E-state index contributed by atoms with van der Waals surface area (Å²) < 4.78 is 18.8. The summed E-state index contributed by atoms with van der Waals surface area (Å²) in [7, 11) is 1.94. The average molecular weight is 225 g/mol. The molecule has 16 heavy (non-hydrogen) atoms. The Kier molecular flexibility index (Phi) is 6.04. The Hall–Kier alpha value is -0.930. The predicted octanol–water partition coefficient (Wildman–Crippen LogP) is 2.73. The van der Waals surface area contributed by atoms with Crippen LogP contribution in [0, 0.1) is 5.82 Å². The van der Waals surface area contributed by atoms with Crippen LogP contribution in [0.25, 0.3) is 0 Å². The normalized spacial score (nSPS) is 12.7. The van der Waals surface area contributed by atoms with E-state index in [0.29, 0.717) is 12.2 Å². The van der Waals surface area contributed by atoms with E-state index >= 15 is 0 Å². The third-order valence-corrected chi connectivity index (χ3v) is 2.52. The van der Waals surface area contributed by atoms with Gasteiger partial charge in [-0.1, -0.05) is 18.2 Å². The quantitative estimate of drug-likeness (QED) is 0.720. The summed E-state index contributed by atoms with van der Waals surface area (Å²) >= 11 is 0. The van der Waals surface area contributed by atoms with E-state index in [9.17, 15) is 4.39 Å². The summed E-state index contributed by atoms with van der Waals surface area (Å²) in [4.78, 5) is 0. The standard InChI is InChI=1S/C13H20FNO/c1-11(6-5-9-15-2)16-10-12-7-3-4-8-13(12)14/h3-4,7-8,11,15H,5-6,9-10H2,1-2H3. The van der Waals surface area contributed by atoms with Crippen LogP contribution in [0.2, 0.25) is 0 Å². The fourth-order valence-corrected chi connectivity index (χ4v) is 1.50. The zero-order valence-corrected chi connectivity index (χ0v) is 10.0. The molecule has 0 saturated heterocycles. The van der Waals surface area contributed by atoms with Gasteiger partial charge in [0.2, 0.25) is 0 Å². The van der Waals surface area contributed by atoms with Crippen LogP contribution in [0.15, 0.2) is 24.3 Å². The average Bonchev–Trinajstić information content (AvgIpc) is 2.28. The van der Waals surface area contributed by atoms with Crippen LogP contribution in [0.3, 0.4) is 0 Å². The molecule has 2 nitrogen and oxygen atoms in total. The molecule has 0 saturated carbocycles. The summed E-state index contributed by atoms with van der Waals surface area (Å²) in [5.41, 5.74) is 0.628. The lowest BCUT2D eigenvalue weighted by atomic mass is 10.2. The first-order valence-electron chi connectivity index (χ1n) is 5.73. The Morgan fingerprint density at radius 1 is 1.38 bits per heavy atom. The third-order valence-electron chi connectivity index (χ3n) is 2.52. The van der Waals surface area contributed by atoms with Crippen LogP contribution in [-0.4, -0.2) is 19.7 Å². The van der Waals surface area contributed by atoms with Gasteiger partial charge in [0.1, 0.15) is 5.82 Å². The van der Waals surface area contributed by atoms with E-state index in [-0.39, 0.29) is 11.9 Å². The van der Waals surface area contributed by atoms with Gasteiger partial charge in [0.15, 0.2) is 0 Å². The molecule has 1 unspecified atom stereocenters. The third kappa shape index (κ3) is 4.73. The largest absolute Gasteiger partial charge is 0.374 e. The Bertz CT molecular complexity index is 304. The van der Waals surface area contributed by atoms with E-state index in [2.05, 4.69) is 5.32 Å². The molecule has 0 aliphatic heterocycles. The maximum absolute atomic E-state index is 13.3. The summed E-state index contributed by atoms with van der Waals surface area (Å²) in [6, 6.07) is 6.74. The second-order valence-corrected chi connectivity index (χ2v) is 3.96. The highest BCUT2D eigenvalue weighted by Gasteiger charge is 2.05. The van der Waals surface area contributed by atoms with E-state index < -0.39 is 0 Å². The molecule has 1 rings (SSSR count). The maximum atomic E-state index is 13.3. The molecule has 1 aromatic rings. The van der Waals surface area contributed by atoms with Gasteiger partial charge in [-0.3, -0.25) is 0 Å². The molecule has 1 atom stereocenters. The van der Waals surface area contributed by atoms with Crippen molar-refractivity contribution in [2.24, 2.45) is 0 Å². The first-order chi connectivity index (χ1) is 7.74. The highest BCUT2D eigenvalue weighted by atomic mass is 19.1. The van der Waals surface area contributed by atoms with Gasteiger partial charge in [-0.2, -0.15) is 0 Å². The van der Waals surface area contributed by atoms with Crippen LogP contribution >= 0.6 is 0 Å². The fraction of sp³-hybridized carbons (Fsp3) is 0.538. The van der Waals surface area contributed by atoms with Crippen molar-refractivity contribution >= 4 is 0 Å². The van der Waals surface area contributed by atoms with Crippen LogP contribution in [0.5, 0.6) is 0 Å². The van der Waals surface area contributed by atoms with Crippen molar-refractivity contribution in [2.45, 2.75) is 32.5 Å². The van der Waals surface area contributed by atoms with Gasteiger partial charge in [0, 0.05) is 5.56 Å². The lowest BCUT2D eigenvalue weighted by Gasteiger charge is -2.13. The van der Waals surface area contributed by atoms with Crippen LogP contribution < -0.4 is 5.32 Å². The fourth-order valence-electron chi connectivity index (χ4n) is 1.50. The molecule has 0 bridgehead atoms. The van der Waals surface area contributed by atoms with E-state index in [1.807, 2.05) is 20.0 Å². The highest BCUT2D eigenvalue weighted by Crippen LogP contribution is 2.10. The van der Waals surface area contributed by atoms with Crippen molar-refractivity contribution in [3.8, 4) is 0 Å². The molecule has 0 spiro atoms. The van der Waals surface area contributed by atoms with Crippen LogP contribution in [0.1, 0.15) is 25.3 Å². The van der Waals surface area contributed by atoms with Gasteiger partial charge in [-0.15, -0.1) is 0 Å². The van der Waals surface area contributed by atoms with Crippen molar-refractivity contribution in [3.63, 3.8) is 0 Å². The van der Waals surface area contributed by atoms with Gasteiger partial charge in [-0.25, -0.2) is 4.39 Å². The molecule has 0 heterocycles. The summed E-state index contributed by atoms with van der Waals surface area (Å²) in [5, 5.41) is 3.09. The molecule has 0 amide bonds. The monoisotopic (exact) mass is 225 g/mol.